The van der Waals surface area contributed by atoms with Gasteiger partial charge in [-0.05, 0) is 49.1 Å². The van der Waals surface area contributed by atoms with E-state index in [0.29, 0.717) is 0 Å². The Hall–Kier alpha value is -1.35. The van der Waals surface area contributed by atoms with Crippen LogP contribution >= 0.6 is 0 Å². The fourth-order valence-corrected chi connectivity index (χ4v) is 1.42. The Morgan fingerprint density at radius 1 is 1.06 bits per heavy atom. The van der Waals surface area contributed by atoms with Crippen molar-refractivity contribution in [3.63, 3.8) is 0 Å². The van der Waals surface area contributed by atoms with E-state index in [4.69, 9.17) is 15.3 Å². The van der Waals surface area contributed by atoms with Crippen LogP contribution in [0.15, 0.2) is 24.3 Å². The van der Waals surface area contributed by atoms with E-state index in [-0.39, 0.29) is 6.61 Å². The molecule has 0 aliphatic rings. The minimum atomic E-state index is 0.284. The Balaban J connectivity index is 2.14. The van der Waals surface area contributed by atoms with Gasteiger partial charge in [-0.3, -0.25) is 0 Å². The maximum absolute atomic E-state index is 8.60. The molecular formula is C13H19NO2. The highest BCUT2D eigenvalue weighted by Crippen LogP contribution is 2.11. The first-order valence-electron chi connectivity index (χ1n) is 5.71. The lowest BCUT2D eigenvalue weighted by atomic mass is 10.2. The van der Waals surface area contributed by atoms with Crippen molar-refractivity contribution in [2.24, 2.45) is 0 Å². The lowest BCUT2D eigenvalue weighted by Gasteiger charge is -2.05. The highest BCUT2D eigenvalue weighted by molar-refractivity contribution is 5.76. The molecule has 88 valence electrons. The molecular weight excluding hydrogens is 202 g/mol. The van der Waals surface area contributed by atoms with E-state index in [1.54, 1.807) is 0 Å². The summed E-state index contributed by atoms with van der Waals surface area (Å²) in [4.78, 5) is 0. The summed E-state index contributed by atoms with van der Waals surface area (Å²) >= 11 is 0. The van der Waals surface area contributed by atoms with Crippen molar-refractivity contribution in [1.29, 1.82) is 5.41 Å². The molecule has 1 aromatic carbocycles. The van der Waals surface area contributed by atoms with Crippen LogP contribution in [0.25, 0.3) is 0 Å². The van der Waals surface area contributed by atoms with Crippen LogP contribution in [-0.2, 0) is 0 Å². The van der Waals surface area contributed by atoms with E-state index in [1.165, 1.54) is 6.21 Å². The predicted molar refractivity (Wildman–Crippen MR) is 65.4 cm³/mol. The Labute approximate surface area is 96.6 Å². The first kappa shape index (κ1) is 12.7. The van der Waals surface area contributed by atoms with Gasteiger partial charge in [0.25, 0.3) is 0 Å². The second-order valence-electron chi connectivity index (χ2n) is 3.70. The Morgan fingerprint density at radius 3 is 2.38 bits per heavy atom. The van der Waals surface area contributed by atoms with E-state index in [1.807, 2.05) is 24.3 Å². The zero-order valence-corrected chi connectivity index (χ0v) is 9.48. The molecule has 0 aliphatic heterocycles. The summed E-state index contributed by atoms with van der Waals surface area (Å²) in [5.74, 6) is 0.854. The molecule has 0 heterocycles. The summed E-state index contributed by atoms with van der Waals surface area (Å²) in [5, 5.41) is 15.7. The van der Waals surface area contributed by atoms with Gasteiger partial charge in [-0.1, -0.05) is 6.42 Å². The van der Waals surface area contributed by atoms with Crippen molar-refractivity contribution >= 4 is 6.21 Å². The number of benzene rings is 1. The summed E-state index contributed by atoms with van der Waals surface area (Å²) in [6.45, 7) is 1.00. The Morgan fingerprint density at radius 2 is 1.75 bits per heavy atom. The first-order valence-corrected chi connectivity index (χ1v) is 5.71. The summed E-state index contributed by atoms with van der Waals surface area (Å²) in [7, 11) is 0. The molecule has 0 fully saturated rings. The second-order valence-corrected chi connectivity index (χ2v) is 3.70. The van der Waals surface area contributed by atoms with Crippen LogP contribution in [0.5, 0.6) is 5.75 Å². The van der Waals surface area contributed by atoms with Crippen molar-refractivity contribution < 1.29 is 9.84 Å². The first-order chi connectivity index (χ1) is 7.86. The van der Waals surface area contributed by atoms with Crippen LogP contribution in [0.4, 0.5) is 0 Å². The van der Waals surface area contributed by atoms with Gasteiger partial charge in [0.2, 0.25) is 0 Å². The van der Waals surface area contributed by atoms with E-state index in [2.05, 4.69) is 0 Å². The van der Waals surface area contributed by atoms with Crippen LogP contribution in [-0.4, -0.2) is 24.5 Å². The molecule has 3 heteroatoms. The van der Waals surface area contributed by atoms with Crippen LogP contribution < -0.4 is 4.74 Å². The molecule has 1 aromatic rings. The molecule has 0 saturated heterocycles. The number of aliphatic hydroxyl groups is 1. The van der Waals surface area contributed by atoms with Crippen molar-refractivity contribution in [3.8, 4) is 5.75 Å². The maximum Gasteiger partial charge on any atom is 0.119 e. The minimum absolute atomic E-state index is 0.284. The van der Waals surface area contributed by atoms with E-state index < -0.39 is 0 Å². The third-order valence-corrected chi connectivity index (χ3v) is 2.37. The highest BCUT2D eigenvalue weighted by atomic mass is 16.5. The second kappa shape index (κ2) is 7.88. The molecule has 0 saturated carbocycles. The summed E-state index contributed by atoms with van der Waals surface area (Å²) < 4.78 is 5.55. The predicted octanol–water partition coefficient (Wildman–Crippen LogP) is 2.62. The molecule has 2 N–H and O–H groups in total. The standard InChI is InChI=1S/C13H19NO2/c14-11-12-5-7-13(8-6-12)16-10-4-2-1-3-9-15/h5-8,11,14-15H,1-4,9-10H2. The van der Waals surface area contributed by atoms with Crippen LogP contribution in [0, 0.1) is 5.41 Å². The number of rotatable bonds is 8. The molecule has 16 heavy (non-hydrogen) atoms. The zero-order valence-electron chi connectivity index (χ0n) is 9.48. The molecule has 0 aromatic heterocycles. The van der Waals surface area contributed by atoms with Gasteiger partial charge in [0, 0.05) is 12.8 Å². The number of aliphatic hydroxyl groups excluding tert-OH is 1. The average Bonchev–Trinajstić information content (AvgIpc) is 2.34. The molecule has 0 aliphatic carbocycles. The molecule has 3 nitrogen and oxygen atoms in total. The number of nitrogens with one attached hydrogen (secondary N) is 1. The van der Waals surface area contributed by atoms with Crippen molar-refractivity contribution in [2.45, 2.75) is 25.7 Å². The number of ether oxygens (including phenoxy) is 1. The van der Waals surface area contributed by atoms with Gasteiger partial charge < -0.3 is 15.3 Å². The Bertz CT molecular complexity index is 295. The fraction of sp³-hybridized carbons (Fsp3) is 0.462. The largest absolute Gasteiger partial charge is 0.494 e. The summed E-state index contributed by atoms with van der Waals surface area (Å²) in [6, 6.07) is 7.50. The average molecular weight is 221 g/mol. The van der Waals surface area contributed by atoms with Crippen LogP contribution in [0.2, 0.25) is 0 Å². The topological polar surface area (TPSA) is 53.3 Å². The number of hydrogen-bond acceptors (Lipinski definition) is 3. The van der Waals surface area contributed by atoms with Gasteiger partial charge in [-0.15, -0.1) is 0 Å². The number of hydrogen-bond donors (Lipinski definition) is 2. The van der Waals surface area contributed by atoms with Gasteiger partial charge in [0.1, 0.15) is 5.75 Å². The van der Waals surface area contributed by atoms with Crippen LogP contribution in [0.3, 0.4) is 0 Å². The van der Waals surface area contributed by atoms with E-state index in [9.17, 15) is 0 Å². The molecule has 0 bridgehead atoms. The summed E-state index contributed by atoms with van der Waals surface area (Å²) in [5.41, 5.74) is 0.885. The van der Waals surface area contributed by atoms with E-state index >= 15 is 0 Å². The third-order valence-electron chi connectivity index (χ3n) is 2.37. The third kappa shape index (κ3) is 4.94. The van der Waals surface area contributed by atoms with Crippen molar-refractivity contribution in [1.82, 2.24) is 0 Å². The van der Waals surface area contributed by atoms with Crippen molar-refractivity contribution in [3.05, 3.63) is 29.8 Å². The minimum Gasteiger partial charge on any atom is -0.494 e. The lowest BCUT2D eigenvalue weighted by molar-refractivity contribution is 0.273. The summed E-state index contributed by atoms with van der Waals surface area (Å²) in [6.07, 6.45) is 5.38. The van der Waals surface area contributed by atoms with Gasteiger partial charge >= 0.3 is 0 Å². The van der Waals surface area contributed by atoms with Gasteiger partial charge in [-0.25, -0.2) is 0 Å². The Kier molecular flexibility index (Phi) is 6.26. The monoisotopic (exact) mass is 221 g/mol. The molecule has 0 atom stereocenters. The molecule has 0 spiro atoms. The fourth-order valence-electron chi connectivity index (χ4n) is 1.42. The quantitative estimate of drug-likeness (QED) is 0.523. The lowest BCUT2D eigenvalue weighted by Crippen LogP contribution is -1.97. The molecule has 0 unspecified atom stereocenters. The maximum atomic E-state index is 8.60. The smallest absolute Gasteiger partial charge is 0.119 e. The zero-order chi connectivity index (χ0) is 11.6. The molecule has 0 amide bonds. The van der Waals surface area contributed by atoms with Gasteiger partial charge in [0.15, 0.2) is 0 Å². The normalized spacial score (nSPS) is 10.1. The van der Waals surface area contributed by atoms with Crippen LogP contribution in [0.1, 0.15) is 31.2 Å². The molecule has 0 radical (unpaired) electrons. The van der Waals surface area contributed by atoms with Crippen molar-refractivity contribution in [2.75, 3.05) is 13.2 Å². The molecule has 1 rings (SSSR count). The highest BCUT2D eigenvalue weighted by Gasteiger charge is 1.94. The van der Waals surface area contributed by atoms with Gasteiger partial charge in [-0.2, -0.15) is 0 Å². The SMILES string of the molecule is N=Cc1ccc(OCCCCCCO)cc1. The van der Waals surface area contributed by atoms with E-state index in [0.717, 1.165) is 43.6 Å². The number of unbranched alkanes of at least 4 members (excludes halogenated alkanes) is 3. The van der Waals surface area contributed by atoms with Gasteiger partial charge in [0.05, 0.1) is 6.61 Å².